The highest BCUT2D eigenvalue weighted by atomic mass is 79.9. The smallest absolute Gasteiger partial charge is 0.264 e. The minimum Gasteiger partial charge on any atom is -0.355 e. The van der Waals surface area contributed by atoms with E-state index in [1.165, 1.54) is 17.0 Å². The molecule has 0 aliphatic rings. The lowest BCUT2D eigenvalue weighted by Gasteiger charge is -2.34. The first-order chi connectivity index (χ1) is 20.6. The first-order valence-corrected chi connectivity index (χ1v) is 16.5. The van der Waals surface area contributed by atoms with Crippen LogP contribution in [0, 0.1) is 0 Å². The molecule has 224 valence electrons. The summed E-state index contributed by atoms with van der Waals surface area (Å²) in [5, 5.41) is 3.49. The molecule has 1 N–H and O–H groups in total. The standard InChI is InChI=1S/C32H30BrCl2N3O4S/c1-2-36-32(40)30(20-23-9-5-3-6-10-23)37(21-24-13-18-28(34)29(35)19-24)31(39)22-38(26-16-14-25(33)15-17-26)43(41,42)27-11-7-4-8-12-27/h3-19,30H,2,20-22H2,1H3,(H,36,40)/t30-/m1/s1. The number of carbonyl (C=O) groups is 2. The van der Waals surface area contributed by atoms with E-state index in [-0.39, 0.29) is 23.8 Å². The second-order valence-corrected chi connectivity index (χ2v) is 13.3. The number of anilines is 1. The van der Waals surface area contributed by atoms with Crippen molar-refractivity contribution < 1.29 is 18.0 Å². The Morgan fingerprint density at radius 2 is 1.47 bits per heavy atom. The molecule has 0 heterocycles. The van der Waals surface area contributed by atoms with Crippen molar-refractivity contribution in [2.24, 2.45) is 0 Å². The number of hydrogen-bond donors (Lipinski definition) is 1. The highest BCUT2D eigenvalue weighted by Crippen LogP contribution is 2.28. The number of likely N-dealkylation sites (N-methyl/N-ethyl adjacent to an activating group) is 1. The lowest BCUT2D eigenvalue weighted by atomic mass is 10.0. The molecule has 0 unspecified atom stereocenters. The van der Waals surface area contributed by atoms with E-state index in [1.807, 2.05) is 30.3 Å². The van der Waals surface area contributed by atoms with Gasteiger partial charge in [-0.05, 0) is 66.6 Å². The molecule has 0 aliphatic heterocycles. The molecule has 0 bridgehead atoms. The van der Waals surface area contributed by atoms with Crippen molar-refractivity contribution in [1.29, 1.82) is 0 Å². The number of halogens is 3. The molecular formula is C32H30BrCl2N3O4S. The summed E-state index contributed by atoms with van der Waals surface area (Å²) in [6.07, 6.45) is 0.212. The third-order valence-corrected chi connectivity index (χ3v) is 9.74. The molecule has 11 heteroatoms. The van der Waals surface area contributed by atoms with E-state index >= 15 is 0 Å². The molecule has 4 aromatic carbocycles. The zero-order valence-corrected chi connectivity index (χ0v) is 27.2. The Morgan fingerprint density at radius 3 is 2.07 bits per heavy atom. The predicted molar refractivity (Wildman–Crippen MR) is 175 cm³/mol. The number of amides is 2. The van der Waals surface area contributed by atoms with Gasteiger partial charge in [-0.15, -0.1) is 0 Å². The van der Waals surface area contributed by atoms with Gasteiger partial charge in [-0.25, -0.2) is 8.42 Å². The fraction of sp³-hybridized carbons (Fsp3) is 0.188. The summed E-state index contributed by atoms with van der Waals surface area (Å²) in [7, 11) is -4.16. The molecule has 0 saturated heterocycles. The molecule has 0 aromatic heterocycles. The van der Waals surface area contributed by atoms with E-state index in [2.05, 4.69) is 21.2 Å². The van der Waals surface area contributed by atoms with Crippen LogP contribution in [-0.2, 0) is 32.6 Å². The van der Waals surface area contributed by atoms with E-state index in [4.69, 9.17) is 23.2 Å². The Morgan fingerprint density at radius 1 is 0.837 bits per heavy atom. The first-order valence-electron chi connectivity index (χ1n) is 13.5. The second-order valence-electron chi connectivity index (χ2n) is 9.67. The van der Waals surface area contributed by atoms with Crippen LogP contribution in [-0.4, -0.2) is 44.3 Å². The Kier molecular flexibility index (Phi) is 11.3. The van der Waals surface area contributed by atoms with Gasteiger partial charge in [0.15, 0.2) is 0 Å². The average Bonchev–Trinajstić information content (AvgIpc) is 3.01. The van der Waals surface area contributed by atoms with Gasteiger partial charge < -0.3 is 10.2 Å². The van der Waals surface area contributed by atoms with Gasteiger partial charge in [0.2, 0.25) is 11.8 Å². The molecule has 0 fully saturated rings. The predicted octanol–water partition coefficient (Wildman–Crippen LogP) is 6.73. The van der Waals surface area contributed by atoms with Crippen LogP contribution in [0.25, 0.3) is 0 Å². The largest absolute Gasteiger partial charge is 0.355 e. The van der Waals surface area contributed by atoms with Gasteiger partial charge in [0.25, 0.3) is 10.0 Å². The van der Waals surface area contributed by atoms with Gasteiger partial charge >= 0.3 is 0 Å². The molecule has 4 rings (SSSR count). The molecule has 0 radical (unpaired) electrons. The minimum atomic E-state index is -4.16. The van der Waals surface area contributed by atoms with E-state index in [0.717, 1.165) is 14.3 Å². The Labute approximate surface area is 270 Å². The topological polar surface area (TPSA) is 86.8 Å². The van der Waals surface area contributed by atoms with Crippen molar-refractivity contribution >= 4 is 66.7 Å². The first kappa shape index (κ1) is 32.5. The van der Waals surface area contributed by atoms with Crippen LogP contribution in [0.5, 0.6) is 0 Å². The van der Waals surface area contributed by atoms with Gasteiger partial charge in [0, 0.05) is 24.0 Å². The summed E-state index contributed by atoms with van der Waals surface area (Å²) in [6.45, 7) is 1.59. The molecule has 43 heavy (non-hydrogen) atoms. The fourth-order valence-corrected chi connectivity index (χ4v) is 6.56. The maximum absolute atomic E-state index is 14.3. The van der Waals surface area contributed by atoms with E-state index < -0.39 is 28.5 Å². The van der Waals surface area contributed by atoms with Gasteiger partial charge in [0.1, 0.15) is 12.6 Å². The Hall–Kier alpha value is -3.37. The number of benzene rings is 4. The minimum absolute atomic E-state index is 0.0100. The van der Waals surface area contributed by atoms with Crippen molar-refractivity contribution in [3.63, 3.8) is 0 Å². The maximum atomic E-state index is 14.3. The second kappa shape index (κ2) is 14.9. The van der Waals surface area contributed by atoms with Crippen LogP contribution < -0.4 is 9.62 Å². The van der Waals surface area contributed by atoms with Crippen molar-refractivity contribution in [3.05, 3.63) is 129 Å². The molecular weight excluding hydrogens is 673 g/mol. The normalized spacial score (nSPS) is 11.9. The summed E-state index contributed by atoms with van der Waals surface area (Å²) >= 11 is 15.8. The highest BCUT2D eigenvalue weighted by molar-refractivity contribution is 9.10. The molecule has 2 amide bonds. The number of carbonyl (C=O) groups excluding carboxylic acids is 2. The van der Waals surface area contributed by atoms with Crippen LogP contribution in [0.15, 0.2) is 112 Å². The molecule has 0 saturated carbocycles. The van der Waals surface area contributed by atoms with Crippen LogP contribution in [0.2, 0.25) is 10.0 Å². The molecule has 0 spiro atoms. The van der Waals surface area contributed by atoms with Gasteiger partial charge in [-0.3, -0.25) is 13.9 Å². The molecule has 0 aliphatic carbocycles. The maximum Gasteiger partial charge on any atom is 0.264 e. The van der Waals surface area contributed by atoms with Gasteiger partial charge in [-0.2, -0.15) is 0 Å². The van der Waals surface area contributed by atoms with Crippen LogP contribution in [0.1, 0.15) is 18.1 Å². The summed E-state index contributed by atoms with van der Waals surface area (Å²) in [5.41, 5.74) is 1.77. The average molecular weight is 703 g/mol. The fourth-order valence-electron chi connectivity index (χ4n) is 4.54. The van der Waals surface area contributed by atoms with E-state index in [0.29, 0.717) is 27.8 Å². The van der Waals surface area contributed by atoms with Crippen LogP contribution in [0.3, 0.4) is 0 Å². The number of hydrogen-bond acceptors (Lipinski definition) is 4. The van der Waals surface area contributed by atoms with Crippen molar-refractivity contribution in [2.75, 3.05) is 17.4 Å². The zero-order valence-electron chi connectivity index (χ0n) is 23.3. The van der Waals surface area contributed by atoms with Crippen LogP contribution in [0.4, 0.5) is 5.69 Å². The van der Waals surface area contributed by atoms with E-state index in [1.54, 1.807) is 67.6 Å². The summed E-state index contributed by atoms with van der Waals surface area (Å²) in [4.78, 5) is 29.3. The number of sulfonamides is 1. The lowest BCUT2D eigenvalue weighted by Crippen LogP contribution is -2.53. The van der Waals surface area contributed by atoms with Crippen molar-refractivity contribution in [3.8, 4) is 0 Å². The molecule has 1 atom stereocenters. The van der Waals surface area contributed by atoms with Gasteiger partial charge in [0.05, 0.1) is 20.6 Å². The van der Waals surface area contributed by atoms with E-state index in [9.17, 15) is 18.0 Å². The quantitative estimate of drug-likeness (QED) is 0.178. The number of nitrogens with one attached hydrogen (secondary N) is 1. The zero-order chi connectivity index (χ0) is 31.0. The SMILES string of the molecule is CCNC(=O)[C@@H](Cc1ccccc1)N(Cc1ccc(Cl)c(Cl)c1)C(=O)CN(c1ccc(Br)cc1)S(=O)(=O)c1ccccc1. The third kappa shape index (κ3) is 8.38. The molecule has 4 aromatic rings. The summed E-state index contributed by atoms with van der Waals surface area (Å²) < 4.78 is 29.7. The monoisotopic (exact) mass is 701 g/mol. The lowest BCUT2D eigenvalue weighted by molar-refractivity contribution is -0.140. The highest BCUT2D eigenvalue weighted by Gasteiger charge is 2.34. The Balaban J connectivity index is 1.80. The molecule has 7 nitrogen and oxygen atoms in total. The third-order valence-electron chi connectivity index (χ3n) is 6.68. The van der Waals surface area contributed by atoms with Gasteiger partial charge in [-0.1, -0.05) is 93.7 Å². The van der Waals surface area contributed by atoms with Crippen molar-refractivity contribution in [1.82, 2.24) is 10.2 Å². The number of rotatable bonds is 12. The number of nitrogens with zero attached hydrogens (tertiary/aromatic N) is 2. The van der Waals surface area contributed by atoms with Crippen molar-refractivity contribution in [2.45, 2.75) is 30.8 Å². The summed E-state index contributed by atoms with van der Waals surface area (Å²) in [5.74, 6) is -0.929. The Bertz CT molecular complexity index is 1660. The summed E-state index contributed by atoms with van der Waals surface area (Å²) in [6, 6.07) is 27.9. The van der Waals surface area contributed by atoms with Crippen LogP contribution >= 0.6 is 39.1 Å².